The number of hydrogen-bond donors (Lipinski definition) is 1. The third-order valence-corrected chi connectivity index (χ3v) is 2.61. The van der Waals surface area contributed by atoms with Crippen molar-refractivity contribution in [2.75, 3.05) is 11.9 Å². The molecule has 2 rings (SSSR count). The van der Waals surface area contributed by atoms with Gasteiger partial charge in [-0.3, -0.25) is 0 Å². The molecule has 0 radical (unpaired) electrons. The minimum Gasteiger partial charge on any atom is -0.384 e. The Labute approximate surface area is 81.9 Å². The smallest absolute Gasteiger partial charge is 0.120 e. The number of anilines is 1. The average Bonchev–Trinajstić information content (AvgIpc) is 2.49. The first-order chi connectivity index (χ1) is 6.31. The van der Waals surface area contributed by atoms with Crippen LogP contribution in [-0.4, -0.2) is 12.8 Å². The van der Waals surface area contributed by atoms with Crippen LogP contribution in [0.2, 0.25) is 5.02 Å². The lowest BCUT2D eigenvalue weighted by Gasteiger charge is -2.04. The molecule has 1 unspecified atom stereocenters. The molecule has 1 aromatic rings. The number of aldehydes is 1. The molecule has 0 amide bonds. The van der Waals surface area contributed by atoms with E-state index in [0.717, 1.165) is 23.5 Å². The van der Waals surface area contributed by atoms with E-state index in [2.05, 4.69) is 5.32 Å². The molecule has 2 nitrogen and oxygen atoms in total. The molecule has 0 aliphatic carbocycles. The van der Waals surface area contributed by atoms with E-state index < -0.39 is 0 Å². The number of nitrogens with one attached hydrogen (secondary N) is 1. The van der Waals surface area contributed by atoms with E-state index in [0.29, 0.717) is 12.3 Å². The summed E-state index contributed by atoms with van der Waals surface area (Å²) in [5.74, 6) is 0.297. The maximum Gasteiger partial charge on any atom is 0.120 e. The summed E-state index contributed by atoms with van der Waals surface area (Å²) in [6.45, 7) is 0.842. The highest BCUT2D eigenvalue weighted by molar-refractivity contribution is 6.30. The van der Waals surface area contributed by atoms with Crippen molar-refractivity contribution in [3.63, 3.8) is 0 Å². The van der Waals surface area contributed by atoms with E-state index >= 15 is 0 Å². The van der Waals surface area contributed by atoms with Crippen LogP contribution in [0.1, 0.15) is 17.9 Å². The highest BCUT2D eigenvalue weighted by atomic mass is 35.5. The Morgan fingerprint density at radius 2 is 2.46 bits per heavy atom. The van der Waals surface area contributed by atoms with Crippen molar-refractivity contribution in [1.82, 2.24) is 0 Å². The normalized spacial score (nSPS) is 19.3. The lowest BCUT2D eigenvalue weighted by molar-refractivity contribution is -0.108. The van der Waals surface area contributed by atoms with Gasteiger partial charge in [0.1, 0.15) is 6.29 Å². The van der Waals surface area contributed by atoms with Crippen LogP contribution in [0.15, 0.2) is 18.2 Å². The molecule has 0 spiro atoms. The zero-order valence-electron chi connectivity index (χ0n) is 7.09. The quantitative estimate of drug-likeness (QED) is 0.735. The molecule has 1 atom stereocenters. The van der Waals surface area contributed by atoms with Gasteiger partial charge in [0.15, 0.2) is 0 Å². The van der Waals surface area contributed by atoms with Crippen LogP contribution in [0.5, 0.6) is 0 Å². The van der Waals surface area contributed by atoms with Crippen molar-refractivity contribution in [3.8, 4) is 0 Å². The fourth-order valence-corrected chi connectivity index (χ4v) is 1.88. The maximum absolute atomic E-state index is 10.4. The Kier molecular flexibility index (Phi) is 2.23. The van der Waals surface area contributed by atoms with Gasteiger partial charge in [0.05, 0.1) is 0 Å². The van der Waals surface area contributed by atoms with Gasteiger partial charge in [0, 0.05) is 29.6 Å². The highest BCUT2D eigenvalue weighted by Gasteiger charge is 2.21. The number of benzene rings is 1. The van der Waals surface area contributed by atoms with Crippen molar-refractivity contribution in [3.05, 3.63) is 28.8 Å². The first kappa shape index (κ1) is 8.57. The number of rotatable bonds is 2. The second kappa shape index (κ2) is 3.38. The van der Waals surface area contributed by atoms with Crippen LogP contribution in [0.25, 0.3) is 0 Å². The van der Waals surface area contributed by atoms with Gasteiger partial charge in [0.25, 0.3) is 0 Å². The molecule has 0 saturated heterocycles. The number of carbonyl (C=O) groups is 1. The van der Waals surface area contributed by atoms with Crippen molar-refractivity contribution in [2.45, 2.75) is 12.3 Å². The number of carbonyl (C=O) groups excluding carboxylic acids is 1. The topological polar surface area (TPSA) is 29.1 Å². The number of hydrogen-bond acceptors (Lipinski definition) is 2. The van der Waals surface area contributed by atoms with Crippen molar-refractivity contribution in [2.24, 2.45) is 0 Å². The van der Waals surface area contributed by atoms with E-state index in [-0.39, 0.29) is 0 Å². The van der Waals surface area contributed by atoms with Gasteiger partial charge >= 0.3 is 0 Å². The minimum atomic E-state index is 0.297. The van der Waals surface area contributed by atoms with Crippen molar-refractivity contribution in [1.29, 1.82) is 0 Å². The van der Waals surface area contributed by atoms with Crippen LogP contribution in [0.4, 0.5) is 5.69 Å². The van der Waals surface area contributed by atoms with Gasteiger partial charge in [0.2, 0.25) is 0 Å². The fourth-order valence-electron chi connectivity index (χ4n) is 1.70. The zero-order valence-corrected chi connectivity index (χ0v) is 7.84. The second-order valence-corrected chi connectivity index (χ2v) is 3.65. The van der Waals surface area contributed by atoms with Crippen molar-refractivity contribution < 1.29 is 4.79 Å². The third kappa shape index (κ3) is 1.54. The first-order valence-corrected chi connectivity index (χ1v) is 4.66. The highest BCUT2D eigenvalue weighted by Crippen LogP contribution is 2.34. The van der Waals surface area contributed by atoms with E-state index in [1.807, 2.05) is 18.2 Å². The molecule has 0 saturated carbocycles. The lowest BCUT2D eigenvalue weighted by atomic mass is 9.99. The standard InChI is InChI=1S/C10H10ClNO/c11-8-1-2-10-9(5-8)7(3-4-13)6-12-10/h1-2,4-5,7,12H,3,6H2. The Morgan fingerprint density at radius 3 is 3.23 bits per heavy atom. The lowest BCUT2D eigenvalue weighted by Crippen LogP contribution is -2.01. The Morgan fingerprint density at radius 1 is 1.62 bits per heavy atom. The molecule has 1 aromatic carbocycles. The Balaban J connectivity index is 2.34. The summed E-state index contributed by atoms with van der Waals surface area (Å²) in [6, 6.07) is 5.75. The third-order valence-electron chi connectivity index (χ3n) is 2.37. The Bertz CT molecular complexity index is 338. The molecule has 1 aliphatic heterocycles. The van der Waals surface area contributed by atoms with Crippen LogP contribution in [0.3, 0.4) is 0 Å². The molecule has 0 bridgehead atoms. The number of halogens is 1. The van der Waals surface area contributed by atoms with Crippen LogP contribution in [0, 0.1) is 0 Å². The summed E-state index contributed by atoms with van der Waals surface area (Å²) in [6.07, 6.45) is 1.53. The molecule has 13 heavy (non-hydrogen) atoms. The van der Waals surface area contributed by atoms with Gasteiger partial charge in [-0.15, -0.1) is 0 Å². The molecule has 1 N–H and O–H groups in total. The predicted octanol–water partition coefficient (Wildman–Crippen LogP) is 2.44. The summed E-state index contributed by atoms with van der Waals surface area (Å²) in [5.41, 5.74) is 2.27. The average molecular weight is 196 g/mol. The Hall–Kier alpha value is -1.02. The number of fused-ring (bicyclic) bond motifs is 1. The van der Waals surface area contributed by atoms with Gasteiger partial charge in [-0.1, -0.05) is 11.6 Å². The SMILES string of the molecule is O=CCC1CNc2ccc(Cl)cc21. The van der Waals surface area contributed by atoms with Gasteiger partial charge < -0.3 is 10.1 Å². The summed E-state index contributed by atoms with van der Waals surface area (Å²) in [4.78, 5) is 10.4. The maximum atomic E-state index is 10.4. The van der Waals surface area contributed by atoms with Gasteiger partial charge in [-0.25, -0.2) is 0 Å². The van der Waals surface area contributed by atoms with Gasteiger partial charge in [-0.05, 0) is 23.8 Å². The van der Waals surface area contributed by atoms with E-state index in [1.165, 1.54) is 5.56 Å². The molecule has 3 heteroatoms. The summed E-state index contributed by atoms with van der Waals surface area (Å²) >= 11 is 5.87. The molecule has 1 aliphatic rings. The first-order valence-electron chi connectivity index (χ1n) is 4.28. The molecule has 68 valence electrons. The van der Waals surface area contributed by atoms with Crippen LogP contribution < -0.4 is 5.32 Å². The monoisotopic (exact) mass is 195 g/mol. The van der Waals surface area contributed by atoms with Crippen LogP contribution in [-0.2, 0) is 4.79 Å². The minimum absolute atomic E-state index is 0.297. The predicted molar refractivity (Wildman–Crippen MR) is 53.4 cm³/mol. The molecule has 0 fully saturated rings. The van der Waals surface area contributed by atoms with E-state index in [9.17, 15) is 4.79 Å². The van der Waals surface area contributed by atoms with Gasteiger partial charge in [-0.2, -0.15) is 0 Å². The summed E-state index contributed by atoms with van der Waals surface area (Å²) < 4.78 is 0. The molecule has 0 aromatic heterocycles. The van der Waals surface area contributed by atoms with E-state index in [1.54, 1.807) is 0 Å². The summed E-state index contributed by atoms with van der Waals surface area (Å²) in [5, 5.41) is 3.98. The van der Waals surface area contributed by atoms with E-state index in [4.69, 9.17) is 11.6 Å². The van der Waals surface area contributed by atoms with Crippen molar-refractivity contribution >= 4 is 23.6 Å². The molecular formula is C10H10ClNO. The zero-order chi connectivity index (χ0) is 9.26. The van der Waals surface area contributed by atoms with Crippen LogP contribution >= 0.6 is 11.6 Å². The second-order valence-electron chi connectivity index (χ2n) is 3.21. The largest absolute Gasteiger partial charge is 0.384 e. The molecular weight excluding hydrogens is 186 g/mol. The molecule has 1 heterocycles. The fraction of sp³-hybridized carbons (Fsp3) is 0.300. The summed E-state index contributed by atoms with van der Waals surface area (Å²) in [7, 11) is 0.